The van der Waals surface area contributed by atoms with Crippen LogP contribution in [0.25, 0.3) is 22.6 Å². The molecule has 4 aromatic rings. The normalized spacial score (nSPS) is 10.9. The number of hydrogen-bond acceptors (Lipinski definition) is 7. The minimum Gasteiger partial charge on any atom is -0.497 e. The average Bonchev–Trinajstić information content (AvgIpc) is 3.41. The van der Waals surface area contributed by atoms with Gasteiger partial charge in [0.2, 0.25) is 5.91 Å². The Labute approximate surface area is 190 Å². The Morgan fingerprint density at radius 1 is 1.12 bits per heavy atom. The number of hydrogen-bond donors (Lipinski definition) is 1. The molecule has 0 atom stereocenters. The summed E-state index contributed by atoms with van der Waals surface area (Å²) < 4.78 is 33.5. The van der Waals surface area contributed by atoms with Gasteiger partial charge in [-0.2, -0.15) is 0 Å². The lowest BCUT2D eigenvalue weighted by Gasteiger charge is -2.05. The van der Waals surface area contributed by atoms with Gasteiger partial charge in [-0.3, -0.25) is 4.79 Å². The van der Waals surface area contributed by atoms with Gasteiger partial charge in [-0.25, -0.2) is 13.8 Å². The number of rotatable bonds is 7. The van der Waals surface area contributed by atoms with Gasteiger partial charge >= 0.3 is 0 Å². The van der Waals surface area contributed by atoms with Crippen LogP contribution in [0, 0.1) is 11.6 Å². The molecule has 0 aliphatic rings. The Morgan fingerprint density at radius 3 is 2.59 bits per heavy atom. The molecular formula is C21H17F2N5O2S2. The standard InChI is InChI=1S/C21H17F2N5O2S2/c1-28-19(12-3-6-14(30-2)7-4-12)26-27-21(28)32-11-18(29)25-20-24-17(10-31-20)13-5-8-15(22)16(23)9-13/h3-10H,11H2,1-2H3,(H,24,25,29). The molecule has 2 aromatic heterocycles. The highest BCUT2D eigenvalue weighted by molar-refractivity contribution is 7.99. The fraction of sp³-hybridized carbons (Fsp3) is 0.143. The van der Waals surface area contributed by atoms with Gasteiger partial charge in [-0.1, -0.05) is 11.8 Å². The summed E-state index contributed by atoms with van der Waals surface area (Å²) >= 11 is 2.44. The van der Waals surface area contributed by atoms with Gasteiger partial charge in [0.15, 0.2) is 27.7 Å². The number of halogens is 2. The van der Waals surface area contributed by atoms with Crippen LogP contribution in [0.3, 0.4) is 0 Å². The van der Waals surface area contributed by atoms with Gasteiger partial charge in [0, 0.05) is 23.6 Å². The molecule has 2 aromatic carbocycles. The maximum absolute atomic E-state index is 13.4. The molecule has 0 unspecified atom stereocenters. The van der Waals surface area contributed by atoms with Crippen molar-refractivity contribution in [1.29, 1.82) is 0 Å². The van der Waals surface area contributed by atoms with Crippen molar-refractivity contribution in [2.45, 2.75) is 5.16 Å². The third kappa shape index (κ3) is 4.78. The number of aromatic nitrogens is 4. The van der Waals surface area contributed by atoms with Crippen LogP contribution in [-0.2, 0) is 11.8 Å². The monoisotopic (exact) mass is 473 g/mol. The van der Waals surface area contributed by atoms with Gasteiger partial charge in [-0.15, -0.1) is 21.5 Å². The second-order valence-corrected chi connectivity index (χ2v) is 8.40. The molecule has 0 spiro atoms. The molecule has 4 rings (SSSR count). The molecule has 7 nitrogen and oxygen atoms in total. The van der Waals surface area contributed by atoms with Crippen LogP contribution in [0.5, 0.6) is 5.75 Å². The summed E-state index contributed by atoms with van der Waals surface area (Å²) in [5, 5.41) is 13.7. The second kappa shape index (κ2) is 9.45. The molecule has 0 bridgehead atoms. The molecule has 1 amide bonds. The first-order valence-electron chi connectivity index (χ1n) is 9.32. The Morgan fingerprint density at radius 2 is 1.88 bits per heavy atom. The number of nitrogens with zero attached hydrogens (tertiary/aromatic N) is 4. The van der Waals surface area contributed by atoms with Crippen molar-refractivity contribution in [3.05, 3.63) is 59.5 Å². The maximum Gasteiger partial charge on any atom is 0.236 e. The van der Waals surface area contributed by atoms with Crippen molar-refractivity contribution in [3.8, 4) is 28.4 Å². The van der Waals surface area contributed by atoms with Crippen LogP contribution in [0.15, 0.2) is 53.0 Å². The molecule has 0 aliphatic carbocycles. The SMILES string of the molecule is COc1ccc(-c2nnc(SCC(=O)Nc3nc(-c4ccc(F)c(F)c4)cs3)n2C)cc1. The quantitative estimate of drug-likeness (QED) is 0.395. The maximum atomic E-state index is 13.4. The lowest BCUT2D eigenvalue weighted by Crippen LogP contribution is -2.14. The van der Waals surface area contributed by atoms with E-state index in [0.29, 0.717) is 27.4 Å². The van der Waals surface area contributed by atoms with Crippen molar-refractivity contribution in [2.24, 2.45) is 7.05 Å². The number of thiazole rings is 1. The largest absolute Gasteiger partial charge is 0.497 e. The minimum absolute atomic E-state index is 0.106. The molecule has 1 N–H and O–H groups in total. The van der Waals surface area contributed by atoms with Gasteiger partial charge in [0.1, 0.15) is 5.75 Å². The molecule has 32 heavy (non-hydrogen) atoms. The molecular weight excluding hydrogens is 456 g/mol. The van der Waals surface area contributed by atoms with Crippen molar-refractivity contribution < 1.29 is 18.3 Å². The summed E-state index contributed by atoms with van der Waals surface area (Å²) in [6.07, 6.45) is 0. The van der Waals surface area contributed by atoms with Crippen molar-refractivity contribution >= 4 is 34.1 Å². The Kier molecular flexibility index (Phi) is 6.47. The summed E-state index contributed by atoms with van der Waals surface area (Å²) in [6.45, 7) is 0. The third-order valence-electron chi connectivity index (χ3n) is 4.48. The van der Waals surface area contributed by atoms with Crippen LogP contribution in [0.4, 0.5) is 13.9 Å². The lowest BCUT2D eigenvalue weighted by atomic mass is 10.2. The van der Waals surface area contributed by atoms with E-state index in [2.05, 4.69) is 20.5 Å². The molecule has 164 valence electrons. The van der Waals surface area contributed by atoms with Crippen LogP contribution in [-0.4, -0.2) is 38.5 Å². The molecule has 0 saturated heterocycles. The zero-order valence-corrected chi connectivity index (χ0v) is 18.6. The van der Waals surface area contributed by atoms with E-state index in [0.717, 1.165) is 23.4 Å². The molecule has 0 fully saturated rings. The van der Waals surface area contributed by atoms with Gasteiger partial charge < -0.3 is 14.6 Å². The highest BCUT2D eigenvalue weighted by Crippen LogP contribution is 2.27. The van der Waals surface area contributed by atoms with Crippen LogP contribution >= 0.6 is 23.1 Å². The first-order chi connectivity index (χ1) is 15.4. The molecule has 0 aliphatic heterocycles. The van der Waals surface area contributed by atoms with E-state index in [9.17, 15) is 13.6 Å². The van der Waals surface area contributed by atoms with Crippen LogP contribution in [0.2, 0.25) is 0 Å². The summed E-state index contributed by atoms with van der Waals surface area (Å²) in [5.74, 6) is -0.614. The van der Waals surface area contributed by atoms with E-state index in [1.165, 1.54) is 29.2 Å². The first-order valence-corrected chi connectivity index (χ1v) is 11.2. The molecule has 11 heteroatoms. The van der Waals surface area contributed by atoms with E-state index in [-0.39, 0.29) is 11.7 Å². The number of benzene rings is 2. The summed E-state index contributed by atoms with van der Waals surface area (Å²) in [5.41, 5.74) is 1.76. The predicted octanol–water partition coefficient (Wildman–Crippen LogP) is 4.62. The van der Waals surface area contributed by atoms with Crippen molar-refractivity contribution in [1.82, 2.24) is 19.7 Å². The Hall–Kier alpha value is -3.31. The molecule has 2 heterocycles. The Bertz CT molecular complexity index is 1260. The highest BCUT2D eigenvalue weighted by Gasteiger charge is 2.15. The average molecular weight is 474 g/mol. The molecule has 0 radical (unpaired) electrons. The number of methoxy groups -OCH3 is 1. The summed E-state index contributed by atoms with van der Waals surface area (Å²) in [7, 11) is 3.43. The third-order valence-corrected chi connectivity index (χ3v) is 6.26. The van der Waals surface area contributed by atoms with Crippen LogP contribution in [0.1, 0.15) is 0 Å². The van der Waals surface area contributed by atoms with E-state index < -0.39 is 11.6 Å². The number of carbonyl (C=O) groups excluding carboxylic acids is 1. The number of amides is 1. The number of anilines is 1. The number of nitrogens with one attached hydrogen (secondary N) is 1. The second-order valence-electron chi connectivity index (χ2n) is 6.60. The minimum atomic E-state index is -0.949. The summed E-state index contributed by atoms with van der Waals surface area (Å²) in [6, 6.07) is 11.0. The smallest absolute Gasteiger partial charge is 0.236 e. The van der Waals surface area contributed by atoms with Gasteiger partial charge in [-0.05, 0) is 42.5 Å². The van der Waals surface area contributed by atoms with Crippen LogP contribution < -0.4 is 10.1 Å². The van der Waals surface area contributed by atoms with E-state index in [1.54, 1.807) is 12.5 Å². The fourth-order valence-electron chi connectivity index (χ4n) is 2.84. The lowest BCUT2D eigenvalue weighted by molar-refractivity contribution is -0.113. The van der Waals surface area contributed by atoms with Crippen molar-refractivity contribution in [3.63, 3.8) is 0 Å². The number of thioether (sulfide) groups is 1. The zero-order chi connectivity index (χ0) is 22.7. The predicted molar refractivity (Wildman–Crippen MR) is 120 cm³/mol. The van der Waals surface area contributed by atoms with E-state index >= 15 is 0 Å². The topological polar surface area (TPSA) is 81.9 Å². The highest BCUT2D eigenvalue weighted by atomic mass is 32.2. The first kappa shape index (κ1) is 21.9. The number of ether oxygens (including phenoxy) is 1. The Balaban J connectivity index is 1.37. The number of carbonyl (C=O) groups is 1. The van der Waals surface area contributed by atoms with E-state index in [1.807, 2.05) is 35.9 Å². The van der Waals surface area contributed by atoms with Crippen molar-refractivity contribution in [2.75, 3.05) is 18.2 Å². The van der Waals surface area contributed by atoms with Gasteiger partial charge in [0.05, 0.1) is 18.6 Å². The van der Waals surface area contributed by atoms with E-state index in [4.69, 9.17) is 4.74 Å². The summed E-state index contributed by atoms with van der Waals surface area (Å²) in [4.78, 5) is 16.6. The molecule has 0 saturated carbocycles. The fourth-order valence-corrected chi connectivity index (χ4v) is 4.28. The van der Waals surface area contributed by atoms with Gasteiger partial charge in [0.25, 0.3) is 0 Å². The zero-order valence-electron chi connectivity index (χ0n) is 17.0.